The maximum absolute atomic E-state index is 8.81. The van der Waals surface area contributed by atoms with Gasteiger partial charge in [-0.05, 0) is 61.8 Å². The van der Waals surface area contributed by atoms with Crippen LogP contribution in [0, 0.1) is 0 Å². The zero-order chi connectivity index (χ0) is 19.3. The lowest BCUT2D eigenvalue weighted by atomic mass is 10.1. The first-order chi connectivity index (χ1) is 13.7. The number of nitrogens with two attached hydrogens (primary N) is 1. The van der Waals surface area contributed by atoms with Crippen LogP contribution in [-0.2, 0) is 5.75 Å². The summed E-state index contributed by atoms with van der Waals surface area (Å²) in [7, 11) is 0. The maximum atomic E-state index is 8.81. The molecule has 0 radical (unpaired) electrons. The molecule has 162 valence electrons. The summed E-state index contributed by atoms with van der Waals surface area (Å²) >= 11 is 1.63. The van der Waals surface area contributed by atoms with E-state index in [-0.39, 0.29) is 30.6 Å². The van der Waals surface area contributed by atoms with Gasteiger partial charge in [0.25, 0.3) is 0 Å². The second-order valence-corrected chi connectivity index (χ2v) is 7.72. The number of oxime groups is 1. The smallest absolute Gasteiger partial charge is 0.170 e. The monoisotopic (exact) mass is 469 g/mol. The van der Waals surface area contributed by atoms with Gasteiger partial charge < -0.3 is 26.0 Å². The molecule has 3 aromatic rings. The Morgan fingerprint density at radius 3 is 2.60 bits per heavy atom. The quantitative estimate of drug-likeness (QED) is 0.143. The number of nitrogens with zero attached hydrogens (tertiary/aromatic N) is 2. The zero-order valence-corrected chi connectivity index (χ0v) is 18.7. The molecular formula is C20H25Cl2N5O2S. The summed E-state index contributed by atoms with van der Waals surface area (Å²) in [5, 5.41) is 16.0. The molecule has 1 aromatic heterocycles. The highest BCUT2D eigenvalue weighted by Crippen LogP contribution is 2.25. The van der Waals surface area contributed by atoms with Gasteiger partial charge in [-0.2, -0.15) is 0 Å². The summed E-state index contributed by atoms with van der Waals surface area (Å²) in [5.74, 6) is 1.82. The summed E-state index contributed by atoms with van der Waals surface area (Å²) in [4.78, 5) is 7.86. The van der Waals surface area contributed by atoms with E-state index in [1.807, 2.05) is 24.3 Å². The molecule has 0 aliphatic carbocycles. The van der Waals surface area contributed by atoms with Crippen molar-refractivity contribution in [2.75, 3.05) is 13.1 Å². The number of nitrogens with one attached hydrogen (secondary N) is 2. The molecule has 0 spiro atoms. The minimum absolute atomic E-state index is 0. The summed E-state index contributed by atoms with van der Waals surface area (Å²) in [6.45, 7) is 2.05. The molecule has 0 saturated carbocycles. The molecule has 2 aromatic carbocycles. The SMILES string of the molecule is Cl.Cl.NC(=NO)c1ccc2nc(SCc3ccc(OC4CCNCC4)cc3)[nH]c2c1. The van der Waals surface area contributed by atoms with Crippen molar-refractivity contribution in [2.45, 2.75) is 29.9 Å². The number of benzene rings is 2. The Labute approximate surface area is 191 Å². The minimum atomic E-state index is 0. The average molecular weight is 470 g/mol. The van der Waals surface area contributed by atoms with Gasteiger partial charge in [-0.3, -0.25) is 0 Å². The summed E-state index contributed by atoms with van der Waals surface area (Å²) in [6.07, 6.45) is 2.43. The highest BCUT2D eigenvalue weighted by Gasteiger charge is 2.14. The maximum Gasteiger partial charge on any atom is 0.170 e. The summed E-state index contributed by atoms with van der Waals surface area (Å²) < 4.78 is 6.05. The normalized spacial score (nSPS) is 14.7. The van der Waals surface area contributed by atoms with E-state index in [1.54, 1.807) is 17.8 Å². The van der Waals surface area contributed by atoms with Crippen LogP contribution in [0.1, 0.15) is 24.0 Å². The molecule has 10 heteroatoms. The third-order valence-electron chi connectivity index (χ3n) is 4.75. The third kappa shape index (κ3) is 5.95. The number of H-pyrrole nitrogens is 1. The Morgan fingerprint density at radius 2 is 1.90 bits per heavy atom. The standard InChI is InChI=1S/C20H23N5O2S.2ClH/c21-19(25-26)14-3-6-17-18(11-14)24-20(23-17)28-12-13-1-4-15(5-2-13)27-16-7-9-22-10-8-16;;/h1-6,11,16,22,26H,7-10,12H2,(H2,21,25)(H,23,24);2*1H. The highest BCUT2D eigenvalue weighted by molar-refractivity contribution is 7.98. The van der Waals surface area contributed by atoms with Crippen molar-refractivity contribution in [1.29, 1.82) is 0 Å². The summed E-state index contributed by atoms with van der Waals surface area (Å²) in [6, 6.07) is 13.8. The molecule has 2 heterocycles. The van der Waals surface area contributed by atoms with Gasteiger partial charge in [0.15, 0.2) is 11.0 Å². The van der Waals surface area contributed by atoms with Crippen LogP contribution in [0.15, 0.2) is 52.8 Å². The van der Waals surface area contributed by atoms with Gasteiger partial charge >= 0.3 is 0 Å². The minimum Gasteiger partial charge on any atom is -0.490 e. The molecule has 0 atom stereocenters. The predicted molar refractivity (Wildman–Crippen MR) is 126 cm³/mol. The van der Waals surface area contributed by atoms with Gasteiger partial charge in [-0.15, -0.1) is 24.8 Å². The highest BCUT2D eigenvalue weighted by atomic mass is 35.5. The Hall–Kier alpha value is -2.13. The molecule has 5 N–H and O–H groups in total. The number of hydrogen-bond donors (Lipinski definition) is 4. The first-order valence-electron chi connectivity index (χ1n) is 9.28. The number of rotatable bonds is 6. The Bertz CT molecular complexity index is 975. The van der Waals surface area contributed by atoms with Gasteiger partial charge in [-0.1, -0.05) is 29.1 Å². The van der Waals surface area contributed by atoms with E-state index in [1.165, 1.54) is 5.56 Å². The van der Waals surface area contributed by atoms with E-state index < -0.39 is 0 Å². The van der Waals surface area contributed by atoms with E-state index in [9.17, 15) is 0 Å². The van der Waals surface area contributed by atoms with Crippen molar-refractivity contribution in [2.24, 2.45) is 10.9 Å². The van der Waals surface area contributed by atoms with E-state index in [0.29, 0.717) is 11.7 Å². The number of aromatic nitrogens is 2. The van der Waals surface area contributed by atoms with Crippen molar-refractivity contribution in [3.63, 3.8) is 0 Å². The first kappa shape index (κ1) is 24.1. The molecule has 1 aliphatic rings. The first-order valence-corrected chi connectivity index (χ1v) is 10.3. The number of thioether (sulfide) groups is 1. The third-order valence-corrected chi connectivity index (χ3v) is 5.70. The van der Waals surface area contributed by atoms with Crippen LogP contribution in [0.3, 0.4) is 0 Å². The number of hydrogen-bond acceptors (Lipinski definition) is 6. The number of fused-ring (bicyclic) bond motifs is 1. The largest absolute Gasteiger partial charge is 0.490 e. The molecule has 7 nitrogen and oxygen atoms in total. The van der Waals surface area contributed by atoms with Crippen molar-refractivity contribution in [3.05, 3.63) is 53.6 Å². The average Bonchev–Trinajstić information content (AvgIpc) is 3.15. The lowest BCUT2D eigenvalue weighted by Crippen LogP contribution is -2.34. The number of piperidine rings is 1. The Kier molecular flexibility index (Phi) is 9.10. The molecule has 1 aliphatic heterocycles. The molecule has 30 heavy (non-hydrogen) atoms. The fourth-order valence-corrected chi connectivity index (χ4v) is 4.03. The second-order valence-electron chi connectivity index (χ2n) is 6.76. The van der Waals surface area contributed by atoms with Crippen molar-refractivity contribution >= 4 is 53.4 Å². The van der Waals surface area contributed by atoms with Crippen molar-refractivity contribution in [1.82, 2.24) is 15.3 Å². The van der Waals surface area contributed by atoms with Crippen molar-refractivity contribution < 1.29 is 9.94 Å². The molecule has 0 unspecified atom stereocenters. The molecule has 1 fully saturated rings. The Morgan fingerprint density at radius 1 is 1.17 bits per heavy atom. The van der Waals surface area contributed by atoms with E-state index >= 15 is 0 Å². The van der Waals surface area contributed by atoms with E-state index in [2.05, 4.69) is 32.6 Å². The number of amidine groups is 1. The number of halogens is 2. The van der Waals surface area contributed by atoms with Crippen molar-refractivity contribution in [3.8, 4) is 5.75 Å². The van der Waals surface area contributed by atoms with Crippen LogP contribution in [-0.4, -0.2) is 40.2 Å². The van der Waals surface area contributed by atoms with Crippen LogP contribution in [0.5, 0.6) is 5.75 Å². The molecule has 1 saturated heterocycles. The van der Waals surface area contributed by atoms with E-state index in [0.717, 1.165) is 53.6 Å². The van der Waals surface area contributed by atoms with Crippen LogP contribution in [0.4, 0.5) is 0 Å². The van der Waals surface area contributed by atoms with Gasteiger partial charge in [0.2, 0.25) is 0 Å². The van der Waals surface area contributed by atoms with Crippen LogP contribution >= 0.6 is 36.6 Å². The number of ether oxygens (including phenoxy) is 1. The predicted octanol–water partition coefficient (Wildman–Crippen LogP) is 3.92. The lowest BCUT2D eigenvalue weighted by Gasteiger charge is -2.23. The lowest BCUT2D eigenvalue weighted by molar-refractivity contribution is 0.162. The molecular weight excluding hydrogens is 445 g/mol. The molecule has 4 rings (SSSR count). The van der Waals surface area contributed by atoms with E-state index in [4.69, 9.17) is 15.7 Å². The molecule has 0 amide bonds. The summed E-state index contributed by atoms with van der Waals surface area (Å²) in [5.41, 5.74) is 9.21. The number of aromatic amines is 1. The fraction of sp³-hybridized carbons (Fsp3) is 0.300. The van der Waals surface area contributed by atoms with Gasteiger partial charge in [0.05, 0.1) is 11.0 Å². The van der Waals surface area contributed by atoms with Crippen LogP contribution < -0.4 is 15.8 Å². The van der Waals surface area contributed by atoms with Gasteiger partial charge in [-0.25, -0.2) is 4.98 Å². The zero-order valence-electron chi connectivity index (χ0n) is 16.2. The number of imidazole rings is 1. The van der Waals surface area contributed by atoms with Gasteiger partial charge in [0, 0.05) is 11.3 Å². The van der Waals surface area contributed by atoms with Crippen LogP contribution in [0.2, 0.25) is 0 Å². The Balaban J connectivity index is 0.00000160. The topological polar surface area (TPSA) is 109 Å². The van der Waals surface area contributed by atoms with Gasteiger partial charge in [0.1, 0.15) is 11.9 Å². The second kappa shape index (κ2) is 11.3. The van der Waals surface area contributed by atoms with Crippen LogP contribution in [0.25, 0.3) is 11.0 Å². The fourth-order valence-electron chi connectivity index (χ4n) is 3.19. The molecule has 0 bridgehead atoms.